The summed E-state index contributed by atoms with van der Waals surface area (Å²) < 4.78 is 29.1. The maximum Gasteiger partial charge on any atom is 0.246 e. The minimum Gasteiger partial charge on any atom is -0.267 e. The number of aromatic nitrogens is 2. The van der Waals surface area contributed by atoms with E-state index in [-0.39, 0.29) is 0 Å². The number of hydrogen-bond donors (Lipinski definition) is 0. The lowest BCUT2D eigenvalue weighted by Gasteiger charge is -2.29. The Hall–Kier alpha value is -1.66. The summed E-state index contributed by atoms with van der Waals surface area (Å²) in [6, 6.07) is 9.93. The first-order valence-electron chi connectivity index (χ1n) is 8.05. The standard InChI is InChI=1S/C17H23N3O2S/c1-14-7-6-10-20(11-14)23(21,22)17-13-19(18-15(17)2)12-16-8-4-3-5-9-16/h3-5,8-9,13-14H,6-7,10-12H2,1-2H3. The first-order valence-corrected chi connectivity index (χ1v) is 9.49. The minimum absolute atomic E-state index is 0.336. The maximum atomic E-state index is 12.9. The highest BCUT2D eigenvalue weighted by molar-refractivity contribution is 7.89. The fraction of sp³-hybridized carbons (Fsp3) is 0.471. The minimum atomic E-state index is -3.45. The Morgan fingerprint density at radius 3 is 2.70 bits per heavy atom. The van der Waals surface area contributed by atoms with E-state index in [0.29, 0.717) is 36.1 Å². The molecule has 0 saturated carbocycles. The van der Waals surface area contributed by atoms with Gasteiger partial charge in [0.15, 0.2) is 0 Å². The molecule has 0 aliphatic carbocycles. The summed E-state index contributed by atoms with van der Waals surface area (Å²) >= 11 is 0. The average Bonchev–Trinajstić information content (AvgIpc) is 2.89. The molecule has 23 heavy (non-hydrogen) atoms. The van der Waals surface area contributed by atoms with Crippen molar-refractivity contribution in [1.82, 2.24) is 14.1 Å². The van der Waals surface area contributed by atoms with Gasteiger partial charge in [-0.15, -0.1) is 0 Å². The lowest BCUT2D eigenvalue weighted by Crippen LogP contribution is -2.39. The molecule has 2 aromatic rings. The van der Waals surface area contributed by atoms with E-state index in [1.165, 1.54) is 0 Å². The summed E-state index contributed by atoms with van der Waals surface area (Å²) in [5.41, 5.74) is 1.67. The Morgan fingerprint density at radius 2 is 2.00 bits per heavy atom. The van der Waals surface area contributed by atoms with Gasteiger partial charge in [0.1, 0.15) is 4.90 Å². The fourth-order valence-corrected chi connectivity index (χ4v) is 4.88. The van der Waals surface area contributed by atoms with Crippen molar-refractivity contribution in [3.8, 4) is 0 Å². The molecule has 0 N–H and O–H groups in total. The highest BCUT2D eigenvalue weighted by Crippen LogP contribution is 2.25. The molecular weight excluding hydrogens is 310 g/mol. The summed E-state index contributed by atoms with van der Waals surface area (Å²) in [6.07, 6.45) is 3.69. The monoisotopic (exact) mass is 333 g/mol. The Balaban J connectivity index is 1.85. The van der Waals surface area contributed by atoms with Crippen LogP contribution in [-0.2, 0) is 16.6 Å². The summed E-state index contributed by atoms with van der Waals surface area (Å²) in [7, 11) is -3.45. The van der Waals surface area contributed by atoms with E-state index in [1.807, 2.05) is 30.3 Å². The smallest absolute Gasteiger partial charge is 0.246 e. The predicted octanol–water partition coefficient (Wildman–Crippen LogP) is 2.66. The fourth-order valence-electron chi connectivity index (χ4n) is 3.11. The Labute approximate surface area is 138 Å². The topological polar surface area (TPSA) is 55.2 Å². The summed E-state index contributed by atoms with van der Waals surface area (Å²) in [5.74, 6) is 0.415. The molecule has 1 unspecified atom stereocenters. The molecule has 0 amide bonds. The molecule has 1 fully saturated rings. The number of aryl methyl sites for hydroxylation is 1. The summed E-state index contributed by atoms with van der Waals surface area (Å²) in [4.78, 5) is 0.336. The lowest BCUT2D eigenvalue weighted by atomic mass is 10.0. The average molecular weight is 333 g/mol. The Kier molecular flexibility index (Phi) is 4.55. The molecule has 6 heteroatoms. The van der Waals surface area contributed by atoms with Gasteiger partial charge in [0.05, 0.1) is 12.2 Å². The van der Waals surface area contributed by atoms with Crippen molar-refractivity contribution in [1.29, 1.82) is 0 Å². The van der Waals surface area contributed by atoms with E-state index in [1.54, 1.807) is 22.1 Å². The molecule has 5 nitrogen and oxygen atoms in total. The number of sulfonamides is 1. The van der Waals surface area contributed by atoms with Gasteiger partial charge in [-0.3, -0.25) is 4.68 Å². The van der Waals surface area contributed by atoms with Crippen LogP contribution < -0.4 is 0 Å². The van der Waals surface area contributed by atoms with Gasteiger partial charge in [-0.1, -0.05) is 37.3 Å². The zero-order valence-corrected chi connectivity index (χ0v) is 14.5. The molecule has 124 valence electrons. The van der Waals surface area contributed by atoms with Crippen molar-refractivity contribution in [3.63, 3.8) is 0 Å². The molecule has 1 aromatic heterocycles. The second-order valence-corrected chi connectivity index (χ2v) is 8.28. The van der Waals surface area contributed by atoms with Gasteiger partial charge in [-0.2, -0.15) is 9.40 Å². The molecule has 0 bridgehead atoms. The normalized spacial score (nSPS) is 19.8. The molecule has 1 saturated heterocycles. The third kappa shape index (κ3) is 3.48. The van der Waals surface area contributed by atoms with Crippen LogP contribution in [-0.4, -0.2) is 35.6 Å². The molecular formula is C17H23N3O2S. The SMILES string of the molecule is Cc1nn(Cc2ccccc2)cc1S(=O)(=O)N1CCCC(C)C1. The van der Waals surface area contributed by atoms with Crippen LogP contribution >= 0.6 is 0 Å². The van der Waals surface area contributed by atoms with Crippen molar-refractivity contribution in [3.05, 3.63) is 47.8 Å². The van der Waals surface area contributed by atoms with Crippen LogP contribution in [0.4, 0.5) is 0 Å². The summed E-state index contributed by atoms with van der Waals surface area (Å²) in [6.45, 7) is 5.66. The van der Waals surface area contributed by atoms with E-state index < -0.39 is 10.0 Å². The van der Waals surface area contributed by atoms with Crippen LogP contribution in [0, 0.1) is 12.8 Å². The van der Waals surface area contributed by atoms with Gasteiger partial charge >= 0.3 is 0 Å². The molecule has 0 spiro atoms. The van der Waals surface area contributed by atoms with Crippen molar-refractivity contribution in [2.75, 3.05) is 13.1 Å². The van der Waals surface area contributed by atoms with Crippen molar-refractivity contribution in [2.45, 2.75) is 38.1 Å². The van der Waals surface area contributed by atoms with Crippen molar-refractivity contribution >= 4 is 10.0 Å². The molecule has 1 atom stereocenters. The first kappa shape index (κ1) is 16.2. The molecule has 3 rings (SSSR count). The quantitative estimate of drug-likeness (QED) is 0.864. The van der Waals surface area contributed by atoms with E-state index in [2.05, 4.69) is 12.0 Å². The molecule has 0 radical (unpaired) electrons. The molecule has 1 aliphatic heterocycles. The van der Waals surface area contributed by atoms with E-state index >= 15 is 0 Å². The van der Waals surface area contributed by atoms with Gasteiger partial charge in [0.25, 0.3) is 0 Å². The number of hydrogen-bond acceptors (Lipinski definition) is 3. The van der Waals surface area contributed by atoms with E-state index in [9.17, 15) is 8.42 Å². The largest absolute Gasteiger partial charge is 0.267 e. The van der Waals surface area contributed by atoms with Crippen LogP contribution in [0.15, 0.2) is 41.4 Å². The Morgan fingerprint density at radius 1 is 1.26 bits per heavy atom. The first-order chi connectivity index (χ1) is 11.0. The van der Waals surface area contributed by atoms with Gasteiger partial charge in [0, 0.05) is 19.3 Å². The zero-order chi connectivity index (χ0) is 16.4. The second kappa shape index (κ2) is 6.45. The third-order valence-corrected chi connectivity index (χ3v) is 6.29. The highest BCUT2D eigenvalue weighted by Gasteiger charge is 2.31. The van der Waals surface area contributed by atoms with E-state index in [0.717, 1.165) is 18.4 Å². The van der Waals surface area contributed by atoms with Crippen molar-refractivity contribution in [2.24, 2.45) is 5.92 Å². The highest BCUT2D eigenvalue weighted by atomic mass is 32.2. The Bertz CT molecular complexity index is 768. The van der Waals surface area contributed by atoms with Crippen LogP contribution in [0.25, 0.3) is 0 Å². The number of benzene rings is 1. The molecule has 1 aromatic carbocycles. The third-order valence-electron chi connectivity index (χ3n) is 4.33. The van der Waals surface area contributed by atoms with Crippen LogP contribution in [0.1, 0.15) is 31.0 Å². The van der Waals surface area contributed by atoms with Gasteiger partial charge in [-0.05, 0) is 31.2 Å². The van der Waals surface area contributed by atoms with Gasteiger partial charge < -0.3 is 0 Å². The predicted molar refractivity (Wildman–Crippen MR) is 89.7 cm³/mol. The van der Waals surface area contributed by atoms with Crippen LogP contribution in [0.5, 0.6) is 0 Å². The van der Waals surface area contributed by atoms with Crippen LogP contribution in [0.3, 0.4) is 0 Å². The number of nitrogens with zero attached hydrogens (tertiary/aromatic N) is 3. The van der Waals surface area contributed by atoms with Gasteiger partial charge in [-0.25, -0.2) is 8.42 Å². The number of piperidine rings is 1. The van der Waals surface area contributed by atoms with Crippen molar-refractivity contribution < 1.29 is 8.42 Å². The molecule has 2 heterocycles. The summed E-state index contributed by atoms with van der Waals surface area (Å²) in [5, 5.41) is 4.40. The van der Waals surface area contributed by atoms with E-state index in [4.69, 9.17) is 0 Å². The zero-order valence-electron chi connectivity index (χ0n) is 13.6. The lowest BCUT2D eigenvalue weighted by molar-refractivity contribution is 0.281. The maximum absolute atomic E-state index is 12.9. The molecule has 1 aliphatic rings. The van der Waals surface area contributed by atoms with Crippen LogP contribution in [0.2, 0.25) is 0 Å². The van der Waals surface area contributed by atoms with Gasteiger partial charge in [0.2, 0.25) is 10.0 Å². The second-order valence-electron chi connectivity index (χ2n) is 6.37. The number of rotatable bonds is 4.